The third-order valence-electron chi connectivity index (χ3n) is 1.50. The van der Waals surface area contributed by atoms with Crippen LogP contribution in [0.1, 0.15) is 5.56 Å². The smallest absolute Gasteiger partial charge is 0.218 e. The molecule has 0 bridgehead atoms. The summed E-state index contributed by atoms with van der Waals surface area (Å²) >= 11 is 0.446. The van der Waals surface area contributed by atoms with Crippen molar-refractivity contribution in [2.45, 2.75) is 16.6 Å². The minimum absolute atomic E-state index is 0.0823. The van der Waals surface area contributed by atoms with Crippen LogP contribution in [0.25, 0.3) is 0 Å². The van der Waals surface area contributed by atoms with Gasteiger partial charge in [-0.25, -0.2) is 4.39 Å². The summed E-state index contributed by atoms with van der Waals surface area (Å²) in [6.45, 7) is 0. The van der Waals surface area contributed by atoms with E-state index in [0.29, 0.717) is 11.8 Å². The van der Waals surface area contributed by atoms with Crippen molar-refractivity contribution in [1.82, 2.24) is 0 Å². The largest absolute Gasteiger partial charge is 0.416 e. The number of alkyl halides is 4. The molecule has 1 rings (SSSR count). The van der Waals surface area contributed by atoms with Crippen LogP contribution in [0.15, 0.2) is 29.2 Å². The Kier molecular flexibility index (Phi) is 3.58. The first-order valence-corrected chi connectivity index (χ1v) is 4.69. The lowest BCUT2D eigenvalue weighted by atomic mass is 10.2. The summed E-state index contributed by atoms with van der Waals surface area (Å²) in [6, 6.07) is 5.49. The van der Waals surface area contributed by atoms with Crippen molar-refractivity contribution in [1.29, 1.82) is 5.26 Å². The van der Waals surface area contributed by atoms with Gasteiger partial charge in [0.1, 0.15) is 6.07 Å². The second-order valence-electron chi connectivity index (χ2n) is 2.59. The van der Waals surface area contributed by atoms with Crippen LogP contribution in [0.4, 0.5) is 17.6 Å². The van der Waals surface area contributed by atoms with E-state index >= 15 is 0 Å². The van der Waals surface area contributed by atoms with E-state index in [9.17, 15) is 17.6 Å². The minimum atomic E-state index is -4.45. The summed E-state index contributed by atoms with van der Waals surface area (Å²) in [5.41, 5.74) is -2.70. The number of thioether (sulfide) groups is 1. The molecular formula is C9H5F4NS. The lowest BCUT2D eigenvalue weighted by Gasteiger charge is -2.07. The molecule has 0 aliphatic rings. The lowest BCUT2D eigenvalue weighted by molar-refractivity contribution is -0.137. The molecule has 1 aromatic carbocycles. The Morgan fingerprint density at radius 2 is 2.00 bits per heavy atom. The molecule has 0 fully saturated rings. The number of hydrogen-bond acceptors (Lipinski definition) is 2. The molecule has 0 aromatic heterocycles. The van der Waals surface area contributed by atoms with Gasteiger partial charge in [0.25, 0.3) is 0 Å². The molecule has 0 amide bonds. The number of nitrogens with zero attached hydrogens (tertiary/aromatic N) is 1. The van der Waals surface area contributed by atoms with Crippen LogP contribution >= 0.6 is 11.8 Å². The van der Waals surface area contributed by atoms with Gasteiger partial charge in [0, 0.05) is 4.90 Å². The molecule has 0 N–H and O–H groups in total. The van der Waals surface area contributed by atoms with Gasteiger partial charge in [0.2, 0.25) is 5.50 Å². The molecule has 0 spiro atoms. The third-order valence-corrected chi connectivity index (χ3v) is 2.34. The molecule has 80 valence electrons. The Hall–Kier alpha value is -1.22. The molecular weight excluding hydrogens is 230 g/mol. The van der Waals surface area contributed by atoms with Crippen LogP contribution in [0.3, 0.4) is 0 Å². The third kappa shape index (κ3) is 3.44. The van der Waals surface area contributed by atoms with Gasteiger partial charge in [-0.2, -0.15) is 18.4 Å². The molecule has 0 aliphatic heterocycles. The van der Waals surface area contributed by atoms with Gasteiger partial charge < -0.3 is 0 Å². The number of rotatable bonds is 2. The number of halogens is 4. The SMILES string of the molecule is N#CC(F)Sc1cccc(C(F)(F)F)c1. The summed E-state index contributed by atoms with van der Waals surface area (Å²) in [6.07, 6.45) is -4.45. The normalized spacial score (nSPS) is 13.3. The first kappa shape index (κ1) is 11.9. The van der Waals surface area contributed by atoms with Crippen molar-refractivity contribution in [3.05, 3.63) is 29.8 Å². The zero-order valence-corrected chi connectivity index (χ0v) is 8.07. The second kappa shape index (κ2) is 4.53. The van der Waals surface area contributed by atoms with Crippen molar-refractivity contribution in [2.75, 3.05) is 0 Å². The van der Waals surface area contributed by atoms with Gasteiger partial charge in [0.05, 0.1) is 5.56 Å². The number of hydrogen-bond donors (Lipinski definition) is 0. The maximum atomic E-state index is 12.6. The predicted molar refractivity (Wildman–Crippen MR) is 47.8 cm³/mol. The molecule has 0 aliphatic carbocycles. The van der Waals surface area contributed by atoms with Crippen LogP contribution in [-0.2, 0) is 6.18 Å². The highest BCUT2D eigenvalue weighted by Crippen LogP contribution is 2.33. The monoisotopic (exact) mass is 235 g/mol. The highest BCUT2D eigenvalue weighted by atomic mass is 32.2. The summed E-state index contributed by atoms with van der Waals surface area (Å²) < 4.78 is 49.2. The van der Waals surface area contributed by atoms with Gasteiger partial charge >= 0.3 is 6.18 Å². The van der Waals surface area contributed by atoms with Crippen LogP contribution in [0.5, 0.6) is 0 Å². The predicted octanol–water partition coefficient (Wildman–Crippen LogP) is 3.62. The Balaban J connectivity index is 2.90. The van der Waals surface area contributed by atoms with Gasteiger partial charge in [-0.15, -0.1) is 0 Å². The molecule has 1 atom stereocenters. The highest BCUT2D eigenvalue weighted by Gasteiger charge is 2.30. The van der Waals surface area contributed by atoms with E-state index in [4.69, 9.17) is 5.26 Å². The zero-order chi connectivity index (χ0) is 11.5. The van der Waals surface area contributed by atoms with Crippen LogP contribution in [-0.4, -0.2) is 5.50 Å². The summed E-state index contributed by atoms with van der Waals surface area (Å²) in [7, 11) is 0. The quantitative estimate of drug-likeness (QED) is 0.577. The van der Waals surface area contributed by atoms with Gasteiger partial charge in [-0.3, -0.25) is 0 Å². The molecule has 15 heavy (non-hydrogen) atoms. The van der Waals surface area contributed by atoms with Gasteiger partial charge in [0.15, 0.2) is 0 Å². The topological polar surface area (TPSA) is 23.8 Å². The summed E-state index contributed by atoms with van der Waals surface area (Å²) in [4.78, 5) is 0.0823. The average molecular weight is 235 g/mol. The number of benzene rings is 1. The van der Waals surface area contributed by atoms with E-state index in [-0.39, 0.29) is 4.90 Å². The van der Waals surface area contributed by atoms with Crippen molar-refractivity contribution >= 4 is 11.8 Å². The van der Waals surface area contributed by atoms with Crippen LogP contribution in [0, 0.1) is 11.3 Å². The molecule has 0 radical (unpaired) electrons. The van der Waals surface area contributed by atoms with E-state index < -0.39 is 17.2 Å². The molecule has 0 heterocycles. The van der Waals surface area contributed by atoms with Crippen LogP contribution < -0.4 is 0 Å². The molecule has 1 nitrogen and oxygen atoms in total. The molecule has 1 aromatic rings. The zero-order valence-electron chi connectivity index (χ0n) is 7.25. The summed E-state index contributed by atoms with van der Waals surface area (Å²) in [5, 5.41) is 8.16. The van der Waals surface area contributed by atoms with E-state index in [0.717, 1.165) is 12.1 Å². The van der Waals surface area contributed by atoms with Crippen molar-refractivity contribution in [2.24, 2.45) is 0 Å². The molecule has 1 unspecified atom stereocenters. The lowest BCUT2D eigenvalue weighted by Crippen LogP contribution is -2.04. The van der Waals surface area contributed by atoms with Gasteiger partial charge in [-0.1, -0.05) is 17.8 Å². The average Bonchev–Trinajstić information content (AvgIpc) is 2.17. The molecule has 6 heteroatoms. The van der Waals surface area contributed by atoms with Crippen molar-refractivity contribution in [3.8, 4) is 6.07 Å². The maximum Gasteiger partial charge on any atom is 0.416 e. The standard InChI is InChI=1S/C9H5F4NS/c10-8(5-14)15-7-3-1-2-6(4-7)9(11,12)13/h1-4,8H. The Labute approximate surface area is 87.7 Å². The fourth-order valence-electron chi connectivity index (χ4n) is 0.892. The highest BCUT2D eigenvalue weighted by molar-refractivity contribution is 8.00. The fourth-order valence-corrected chi connectivity index (χ4v) is 1.54. The van der Waals surface area contributed by atoms with E-state index in [1.54, 1.807) is 0 Å². The van der Waals surface area contributed by atoms with E-state index in [1.165, 1.54) is 18.2 Å². The Morgan fingerprint density at radius 1 is 1.33 bits per heavy atom. The Morgan fingerprint density at radius 3 is 2.53 bits per heavy atom. The van der Waals surface area contributed by atoms with Crippen molar-refractivity contribution in [3.63, 3.8) is 0 Å². The fraction of sp³-hybridized carbons (Fsp3) is 0.222. The van der Waals surface area contributed by atoms with Crippen LogP contribution in [0.2, 0.25) is 0 Å². The first-order chi connectivity index (χ1) is 6.93. The first-order valence-electron chi connectivity index (χ1n) is 3.81. The molecule has 0 saturated heterocycles. The van der Waals surface area contributed by atoms with E-state index in [2.05, 4.69) is 0 Å². The second-order valence-corrected chi connectivity index (χ2v) is 3.71. The van der Waals surface area contributed by atoms with Crippen molar-refractivity contribution < 1.29 is 17.6 Å². The molecule has 0 saturated carbocycles. The minimum Gasteiger partial charge on any atom is -0.218 e. The number of nitriles is 1. The Bertz CT molecular complexity index is 382. The van der Waals surface area contributed by atoms with E-state index in [1.807, 2.05) is 0 Å². The maximum absolute atomic E-state index is 12.6. The summed E-state index contributed by atoms with van der Waals surface area (Å²) in [5.74, 6) is 0. The van der Waals surface area contributed by atoms with Gasteiger partial charge in [-0.05, 0) is 18.2 Å².